The maximum absolute atomic E-state index is 11.5. The predicted molar refractivity (Wildman–Crippen MR) is 86.7 cm³/mol. The lowest BCUT2D eigenvalue weighted by Gasteiger charge is -2.10. The standard InChI is InChI=1S/C17H32O6/c1-14(6-10-18)8-12-22-16(20)4-3-5-17(21)23-13-9-15(2)7-11-19/h14-15,18-19H,3-13H2,1-2H3. The molecular formula is C17H32O6. The van der Waals surface area contributed by atoms with Crippen molar-refractivity contribution in [3.05, 3.63) is 0 Å². The number of ether oxygens (including phenoxy) is 2. The van der Waals surface area contributed by atoms with Crippen molar-refractivity contribution >= 4 is 11.9 Å². The van der Waals surface area contributed by atoms with Crippen LogP contribution >= 0.6 is 0 Å². The van der Waals surface area contributed by atoms with Crippen molar-refractivity contribution in [1.82, 2.24) is 0 Å². The molecule has 6 nitrogen and oxygen atoms in total. The van der Waals surface area contributed by atoms with Crippen LogP contribution in [0.5, 0.6) is 0 Å². The van der Waals surface area contributed by atoms with E-state index in [1.54, 1.807) is 0 Å². The van der Waals surface area contributed by atoms with Gasteiger partial charge in [0, 0.05) is 26.1 Å². The van der Waals surface area contributed by atoms with Crippen LogP contribution in [0.1, 0.15) is 58.8 Å². The molecule has 2 atom stereocenters. The van der Waals surface area contributed by atoms with E-state index in [2.05, 4.69) is 0 Å². The van der Waals surface area contributed by atoms with Crippen LogP contribution in [0.15, 0.2) is 0 Å². The number of rotatable bonds is 14. The van der Waals surface area contributed by atoms with Crippen LogP contribution in [0.2, 0.25) is 0 Å². The zero-order valence-electron chi connectivity index (χ0n) is 14.5. The summed E-state index contributed by atoms with van der Waals surface area (Å²) in [6.07, 6.45) is 3.74. The summed E-state index contributed by atoms with van der Waals surface area (Å²) in [6.45, 7) is 5.01. The molecule has 0 radical (unpaired) electrons. The first-order chi connectivity index (χ1) is 11.0. The second-order valence-corrected chi connectivity index (χ2v) is 6.11. The van der Waals surface area contributed by atoms with E-state index in [9.17, 15) is 9.59 Å². The SMILES string of the molecule is CC(CCO)CCOC(=O)CCCC(=O)OCCC(C)CCO. The molecule has 0 saturated heterocycles. The van der Waals surface area contributed by atoms with Gasteiger partial charge in [-0.2, -0.15) is 0 Å². The second-order valence-electron chi connectivity index (χ2n) is 6.11. The second kappa shape index (κ2) is 14.5. The molecule has 0 aliphatic rings. The number of carbonyl (C=O) groups is 2. The van der Waals surface area contributed by atoms with E-state index < -0.39 is 0 Å². The summed E-state index contributed by atoms with van der Waals surface area (Å²) in [5, 5.41) is 17.5. The van der Waals surface area contributed by atoms with E-state index in [-0.39, 0.29) is 38.0 Å². The Hall–Kier alpha value is -1.14. The van der Waals surface area contributed by atoms with Crippen molar-refractivity contribution in [1.29, 1.82) is 0 Å². The smallest absolute Gasteiger partial charge is 0.305 e. The van der Waals surface area contributed by atoms with Crippen LogP contribution in [0, 0.1) is 11.8 Å². The highest BCUT2D eigenvalue weighted by Crippen LogP contribution is 2.09. The zero-order chi connectivity index (χ0) is 17.5. The number of esters is 2. The number of carbonyl (C=O) groups excluding carboxylic acids is 2. The fourth-order valence-electron chi connectivity index (χ4n) is 2.00. The Kier molecular flexibility index (Phi) is 13.7. The third-order valence-corrected chi connectivity index (χ3v) is 3.75. The number of aliphatic hydroxyl groups is 2. The van der Waals surface area contributed by atoms with Crippen molar-refractivity contribution in [3.8, 4) is 0 Å². The third kappa shape index (κ3) is 14.2. The van der Waals surface area contributed by atoms with Gasteiger partial charge in [0.05, 0.1) is 13.2 Å². The largest absolute Gasteiger partial charge is 0.466 e. The van der Waals surface area contributed by atoms with Crippen molar-refractivity contribution in [3.63, 3.8) is 0 Å². The Bertz CT molecular complexity index is 288. The summed E-state index contributed by atoms with van der Waals surface area (Å²) < 4.78 is 10.2. The van der Waals surface area contributed by atoms with Crippen molar-refractivity contribution in [2.24, 2.45) is 11.8 Å². The Morgan fingerprint density at radius 3 is 1.52 bits per heavy atom. The molecule has 0 aliphatic heterocycles. The maximum Gasteiger partial charge on any atom is 0.305 e. The van der Waals surface area contributed by atoms with Crippen LogP contribution < -0.4 is 0 Å². The van der Waals surface area contributed by atoms with Gasteiger partial charge in [0.15, 0.2) is 0 Å². The molecule has 0 aliphatic carbocycles. The summed E-state index contributed by atoms with van der Waals surface area (Å²) in [4.78, 5) is 23.0. The summed E-state index contributed by atoms with van der Waals surface area (Å²) in [5.41, 5.74) is 0. The lowest BCUT2D eigenvalue weighted by atomic mass is 10.1. The van der Waals surface area contributed by atoms with Crippen molar-refractivity contribution < 1.29 is 29.3 Å². The Morgan fingerprint density at radius 2 is 1.17 bits per heavy atom. The van der Waals surface area contributed by atoms with Gasteiger partial charge in [0.1, 0.15) is 0 Å². The number of hydrogen-bond donors (Lipinski definition) is 2. The quantitative estimate of drug-likeness (QED) is 0.473. The predicted octanol–water partition coefficient (Wildman–Crippen LogP) is 2.06. The topological polar surface area (TPSA) is 93.1 Å². The zero-order valence-corrected chi connectivity index (χ0v) is 14.5. The van der Waals surface area contributed by atoms with Gasteiger partial charge in [-0.3, -0.25) is 9.59 Å². The van der Waals surface area contributed by atoms with Crippen molar-refractivity contribution in [2.75, 3.05) is 26.4 Å². The van der Waals surface area contributed by atoms with Gasteiger partial charge in [0.25, 0.3) is 0 Å². The first kappa shape index (κ1) is 21.9. The molecule has 0 bridgehead atoms. The van der Waals surface area contributed by atoms with Crippen LogP contribution in [-0.4, -0.2) is 48.6 Å². The normalized spacial score (nSPS) is 13.4. The molecule has 136 valence electrons. The first-order valence-electron chi connectivity index (χ1n) is 8.52. The monoisotopic (exact) mass is 332 g/mol. The van der Waals surface area contributed by atoms with Crippen LogP contribution in [0.3, 0.4) is 0 Å². The summed E-state index contributed by atoms with van der Waals surface area (Å²) >= 11 is 0. The molecule has 2 unspecified atom stereocenters. The van der Waals surface area contributed by atoms with Gasteiger partial charge in [-0.1, -0.05) is 13.8 Å². The average Bonchev–Trinajstić information content (AvgIpc) is 2.47. The van der Waals surface area contributed by atoms with E-state index >= 15 is 0 Å². The minimum atomic E-state index is -0.300. The van der Waals surface area contributed by atoms with Gasteiger partial charge in [-0.15, -0.1) is 0 Å². The van der Waals surface area contributed by atoms with Gasteiger partial charge in [-0.05, 0) is 43.9 Å². The fraction of sp³-hybridized carbons (Fsp3) is 0.882. The Labute approximate surface area is 139 Å². The highest BCUT2D eigenvalue weighted by atomic mass is 16.5. The summed E-state index contributed by atoms with van der Waals surface area (Å²) in [5.74, 6) is 0.0585. The van der Waals surface area contributed by atoms with Gasteiger partial charge >= 0.3 is 11.9 Å². The summed E-state index contributed by atoms with van der Waals surface area (Å²) in [7, 11) is 0. The molecule has 0 aromatic heterocycles. The van der Waals surface area contributed by atoms with Crippen LogP contribution in [0.4, 0.5) is 0 Å². The summed E-state index contributed by atoms with van der Waals surface area (Å²) in [6, 6.07) is 0. The molecule has 0 saturated carbocycles. The van der Waals surface area contributed by atoms with E-state index in [0.717, 1.165) is 12.8 Å². The molecule has 0 heterocycles. The molecule has 6 heteroatoms. The molecule has 0 spiro atoms. The van der Waals surface area contributed by atoms with Crippen LogP contribution in [0.25, 0.3) is 0 Å². The highest BCUT2D eigenvalue weighted by Gasteiger charge is 2.09. The molecule has 0 rings (SSSR count). The Balaban J connectivity index is 3.54. The molecule has 0 amide bonds. The van der Waals surface area contributed by atoms with Gasteiger partial charge in [-0.25, -0.2) is 0 Å². The molecule has 0 fully saturated rings. The minimum absolute atomic E-state index is 0.149. The average molecular weight is 332 g/mol. The molecule has 0 aromatic rings. The lowest BCUT2D eigenvalue weighted by molar-refractivity contribution is -0.145. The fourth-order valence-corrected chi connectivity index (χ4v) is 2.00. The van der Waals surface area contributed by atoms with Gasteiger partial charge in [0.2, 0.25) is 0 Å². The number of hydrogen-bond acceptors (Lipinski definition) is 6. The van der Waals surface area contributed by atoms with E-state index in [1.165, 1.54) is 0 Å². The first-order valence-corrected chi connectivity index (χ1v) is 8.52. The molecule has 0 aromatic carbocycles. The molecular weight excluding hydrogens is 300 g/mol. The maximum atomic E-state index is 11.5. The highest BCUT2D eigenvalue weighted by molar-refractivity contribution is 5.72. The minimum Gasteiger partial charge on any atom is -0.466 e. The Morgan fingerprint density at radius 1 is 0.783 bits per heavy atom. The van der Waals surface area contributed by atoms with E-state index in [4.69, 9.17) is 19.7 Å². The van der Waals surface area contributed by atoms with Gasteiger partial charge < -0.3 is 19.7 Å². The van der Waals surface area contributed by atoms with E-state index in [0.29, 0.717) is 44.3 Å². The molecule has 2 N–H and O–H groups in total. The molecule has 23 heavy (non-hydrogen) atoms. The number of aliphatic hydroxyl groups excluding tert-OH is 2. The van der Waals surface area contributed by atoms with Crippen molar-refractivity contribution in [2.45, 2.75) is 58.8 Å². The van der Waals surface area contributed by atoms with Crippen LogP contribution in [-0.2, 0) is 19.1 Å². The third-order valence-electron chi connectivity index (χ3n) is 3.75. The lowest BCUT2D eigenvalue weighted by Crippen LogP contribution is -2.12. The van der Waals surface area contributed by atoms with E-state index in [1.807, 2.05) is 13.8 Å².